The molecule has 0 bridgehead atoms. The molecule has 106 valence electrons. The minimum Gasteiger partial charge on any atom is -0.356 e. The normalized spacial score (nSPS) is 22.7. The van der Waals surface area contributed by atoms with Gasteiger partial charge in [-0.3, -0.25) is 4.79 Å². The molecule has 2 unspecified atom stereocenters. The highest BCUT2D eigenvalue weighted by Gasteiger charge is 2.16. The number of hydrogen-bond donors (Lipinski definition) is 2. The van der Waals surface area contributed by atoms with Crippen LogP contribution >= 0.6 is 0 Å². The minimum atomic E-state index is 0.180. The summed E-state index contributed by atoms with van der Waals surface area (Å²) in [5, 5.41) is 2.95. The number of nitrogens with zero attached hydrogens (tertiary/aromatic N) is 1. The number of nitrogens with one attached hydrogen (secondary N) is 1. The predicted molar refractivity (Wildman–Crippen MR) is 75.3 cm³/mol. The van der Waals surface area contributed by atoms with E-state index in [9.17, 15) is 4.79 Å². The first-order chi connectivity index (χ1) is 8.61. The minimum absolute atomic E-state index is 0.180. The van der Waals surface area contributed by atoms with Crippen molar-refractivity contribution >= 4 is 5.91 Å². The number of likely N-dealkylation sites (tertiary alicyclic amines) is 1. The Morgan fingerprint density at radius 2 is 2.33 bits per heavy atom. The van der Waals surface area contributed by atoms with E-state index in [0.29, 0.717) is 25.4 Å². The molecule has 0 spiro atoms. The number of rotatable bonds is 7. The summed E-state index contributed by atoms with van der Waals surface area (Å²) in [5.74, 6) is 1.35. The van der Waals surface area contributed by atoms with E-state index in [2.05, 4.69) is 24.2 Å². The summed E-state index contributed by atoms with van der Waals surface area (Å²) in [4.78, 5) is 14.0. The van der Waals surface area contributed by atoms with Crippen molar-refractivity contribution in [2.24, 2.45) is 17.6 Å². The summed E-state index contributed by atoms with van der Waals surface area (Å²) in [7, 11) is 2.19. The van der Waals surface area contributed by atoms with Gasteiger partial charge in [0, 0.05) is 19.5 Å². The highest BCUT2D eigenvalue weighted by molar-refractivity contribution is 5.75. The van der Waals surface area contributed by atoms with Gasteiger partial charge in [-0.25, -0.2) is 0 Å². The predicted octanol–water partition coefficient (Wildman–Crippen LogP) is 1.21. The maximum absolute atomic E-state index is 11.6. The monoisotopic (exact) mass is 255 g/mol. The molecule has 1 heterocycles. The van der Waals surface area contributed by atoms with Gasteiger partial charge >= 0.3 is 0 Å². The van der Waals surface area contributed by atoms with E-state index in [1.807, 2.05) is 0 Å². The highest BCUT2D eigenvalue weighted by atomic mass is 16.1. The molecule has 0 aromatic heterocycles. The first-order valence-corrected chi connectivity index (χ1v) is 7.27. The number of hydrogen-bond acceptors (Lipinski definition) is 3. The van der Waals surface area contributed by atoms with Gasteiger partial charge < -0.3 is 16.0 Å². The molecule has 0 aliphatic carbocycles. The Morgan fingerprint density at radius 1 is 1.56 bits per heavy atom. The molecule has 0 aromatic carbocycles. The smallest absolute Gasteiger partial charge is 0.220 e. The summed E-state index contributed by atoms with van der Waals surface area (Å²) in [6.07, 6.45) is 5.50. The third-order valence-electron chi connectivity index (χ3n) is 3.79. The first-order valence-electron chi connectivity index (χ1n) is 7.27. The molecular weight excluding hydrogens is 226 g/mol. The number of piperidine rings is 1. The largest absolute Gasteiger partial charge is 0.356 e. The standard InChI is InChI=1S/C14H29N3O/c1-12(9-15)10-16-14(18)7-3-5-13-6-4-8-17(2)11-13/h12-13H,3-11,15H2,1-2H3,(H,16,18). The average molecular weight is 255 g/mol. The van der Waals surface area contributed by atoms with E-state index < -0.39 is 0 Å². The van der Waals surface area contributed by atoms with Crippen molar-refractivity contribution in [3.8, 4) is 0 Å². The molecule has 18 heavy (non-hydrogen) atoms. The van der Waals surface area contributed by atoms with E-state index in [4.69, 9.17) is 5.73 Å². The first kappa shape index (κ1) is 15.4. The molecular formula is C14H29N3O. The quantitative estimate of drug-likeness (QED) is 0.719. The number of carbonyl (C=O) groups is 1. The molecule has 2 atom stereocenters. The zero-order valence-electron chi connectivity index (χ0n) is 12.0. The fourth-order valence-electron chi connectivity index (χ4n) is 2.52. The maximum Gasteiger partial charge on any atom is 0.220 e. The second kappa shape index (κ2) is 8.48. The molecule has 4 nitrogen and oxygen atoms in total. The van der Waals surface area contributed by atoms with Crippen molar-refractivity contribution in [1.82, 2.24) is 10.2 Å². The van der Waals surface area contributed by atoms with Crippen molar-refractivity contribution in [3.05, 3.63) is 0 Å². The fraction of sp³-hybridized carbons (Fsp3) is 0.929. The van der Waals surface area contributed by atoms with Crippen molar-refractivity contribution < 1.29 is 4.79 Å². The number of carbonyl (C=O) groups excluding carboxylic acids is 1. The second-order valence-electron chi connectivity index (χ2n) is 5.81. The van der Waals surface area contributed by atoms with Crippen LogP contribution in [-0.2, 0) is 4.79 Å². The van der Waals surface area contributed by atoms with Gasteiger partial charge in [0.15, 0.2) is 0 Å². The Morgan fingerprint density at radius 3 is 3.00 bits per heavy atom. The van der Waals surface area contributed by atoms with Gasteiger partial charge in [0.2, 0.25) is 5.91 Å². The Hall–Kier alpha value is -0.610. The Bertz CT molecular complexity index is 245. The van der Waals surface area contributed by atoms with E-state index in [1.165, 1.54) is 32.4 Å². The molecule has 0 saturated carbocycles. The Kier molecular flexibility index (Phi) is 7.28. The topological polar surface area (TPSA) is 58.4 Å². The van der Waals surface area contributed by atoms with Gasteiger partial charge in [-0.15, -0.1) is 0 Å². The Balaban J connectivity index is 2.04. The molecule has 0 aromatic rings. The van der Waals surface area contributed by atoms with Gasteiger partial charge in [0.1, 0.15) is 0 Å². The summed E-state index contributed by atoms with van der Waals surface area (Å²) in [6, 6.07) is 0. The lowest BCUT2D eigenvalue weighted by atomic mass is 9.93. The van der Waals surface area contributed by atoms with Crippen molar-refractivity contribution in [3.63, 3.8) is 0 Å². The van der Waals surface area contributed by atoms with E-state index in [-0.39, 0.29) is 5.91 Å². The van der Waals surface area contributed by atoms with E-state index >= 15 is 0 Å². The molecule has 0 radical (unpaired) electrons. The van der Waals surface area contributed by atoms with Gasteiger partial charge in [-0.2, -0.15) is 0 Å². The molecule has 1 aliphatic heterocycles. The molecule has 1 aliphatic rings. The molecule has 4 heteroatoms. The van der Waals surface area contributed by atoms with Gasteiger partial charge in [0.05, 0.1) is 0 Å². The zero-order valence-corrected chi connectivity index (χ0v) is 12.0. The number of amides is 1. The van der Waals surface area contributed by atoms with Gasteiger partial charge in [-0.1, -0.05) is 6.92 Å². The van der Waals surface area contributed by atoms with Gasteiger partial charge in [-0.05, 0) is 57.7 Å². The van der Waals surface area contributed by atoms with Crippen LogP contribution < -0.4 is 11.1 Å². The van der Waals surface area contributed by atoms with Crippen LogP contribution in [0.1, 0.15) is 39.0 Å². The van der Waals surface area contributed by atoms with Crippen LogP contribution in [0.5, 0.6) is 0 Å². The van der Waals surface area contributed by atoms with Crippen molar-refractivity contribution in [1.29, 1.82) is 0 Å². The lowest BCUT2D eigenvalue weighted by Gasteiger charge is -2.29. The summed E-state index contributed by atoms with van der Waals surface area (Å²) in [6.45, 7) is 5.83. The van der Waals surface area contributed by atoms with E-state index in [0.717, 1.165) is 12.3 Å². The van der Waals surface area contributed by atoms with Crippen molar-refractivity contribution in [2.75, 3.05) is 33.2 Å². The van der Waals surface area contributed by atoms with Crippen molar-refractivity contribution in [2.45, 2.75) is 39.0 Å². The lowest BCUT2D eigenvalue weighted by Crippen LogP contribution is -2.33. The fourth-order valence-corrected chi connectivity index (χ4v) is 2.52. The molecule has 1 fully saturated rings. The summed E-state index contributed by atoms with van der Waals surface area (Å²) < 4.78 is 0. The molecule has 1 rings (SSSR count). The van der Waals surface area contributed by atoms with Crippen LogP contribution in [0.15, 0.2) is 0 Å². The van der Waals surface area contributed by atoms with Crippen LogP contribution in [0.2, 0.25) is 0 Å². The van der Waals surface area contributed by atoms with Crippen LogP contribution in [0.4, 0.5) is 0 Å². The van der Waals surface area contributed by atoms with Crippen LogP contribution in [0, 0.1) is 11.8 Å². The maximum atomic E-state index is 11.6. The number of nitrogens with two attached hydrogens (primary N) is 1. The molecule has 3 N–H and O–H groups in total. The summed E-state index contributed by atoms with van der Waals surface area (Å²) >= 11 is 0. The zero-order chi connectivity index (χ0) is 13.4. The lowest BCUT2D eigenvalue weighted by molar-refractivity contribution is -0.121. The summed E-state index contributed by atoms with van der Waals surface area (Å²) in [5.41, 5.74) is 5.51. The van der Waals surface area contributed by atoms with Crippen LogP contribution in [0.3, 0.4) is 0 Å². The van der Waals surface area contributed by atoms with Gasteiger partial charge in [0.25, 0.3) is 0 Å². The molecule has 1 amide bonds. The third-order valence-corrected chi connectivity index (χ3v) is 3.79. The SMILES string of the molecule is CC(CN)CNC(=O)CCCC1CCCN(C)C1. The van der Waals surface area contributed by atoms with Crippen LogP contribution in [-0.4, -0.2) is 44.0 Å². The third kappa shape index (κ3) is 6.36. The Labute approximate surface area is 111 Å². The average Bonchev–Trinajstić information content (AvgIpc) is 2.36. The second-order valence-corrected chi connectivity index (χ2v) is 5.81. The highest BCUT2D eigenvalue weighted by Crippen LogP contribution is 2.20. The van der Waals surface area contributed by atoms with E-state index in [1.54, 1.807) is 0 Å². The molecule has 1 saturated heterocycles. The van der Waals surface area contributed by atoms with Crippen LogP contribution in [0.25, 0.3) is 0 Å².